The molecule has 0 bridgehead atoms. The van der Waals surface area contributed by atoms with Gasteiger partial charge in [-0.15, -0.1) is 0 Å². The van der Waals surface area contributed by atoms with Crippen LogP contribution in [0.25, 0.3) is 0 Å². The third-order valence-corrected chi connectivity index (χ3v) is 2.85. The molecule has 0 aromatic heterocycles. The number of benzene rings is 1. The molecule has 7 heteroatoms. The molecule has 2 rings (SSSR count). The van der Waals surface area contributed by atoms with Crippen molar-refractivity contribution in [2.24, 2.45) is 0 Å². The average Bonchev–Trinajstić information content (AvgIpc) is 2.45. The highest BCUT2D eigenvalue weighted by molar-refractivity contribution is 5.91. The summed E-state index contributed by atoms with van der Waals surface area (Å²) < 4.78 is 16.0. The van der Waals surface area contributed by atoms with E-state index >= 15 is 0 Å². The molecule has 2 N–H and O–H groups in total. The Labute approximate surface area is 135 Å². The topological polar surface area (TPSA) is 85.9 Å². The number of hydrogen-bond donors (Lipinski definition) is 2. The van der Waals surface area contributed by atoms with Crippen molar-refractivity contribution in [3.63, 3.8) is 0 Å². The van der Waals surface area contributed by atoms with Crippen molar-refractivity contribution >= 4 is 17.7 Å². The lowest BCUT2D eigenvalue weighted by Gasteiger charge is -2.20. The summed E-state index contributed by atoms with van der Waals surface area (Å²) in [6.07, 6.45) is -0.391. The number of fused-ring (bicyclic) bond motifs is 1. The summed E-state index contributed by atoms with van der Waals surface area (Å²) in [4.78, 5) is 23.3. The summed E-state index contributed by atoms with van der Waals surface area (Å²) in [6.45, 7) is 6.55. The van der Waals surface area contributed by atoms with Crippen molar-refractivity contribution in [2.75, 3.05) is 25.1 Å². The number of carbonyl (C=O) groups excluding carboxylic acids is 2. The Bertz CT molecular complexity index is 580. The van der Waals surface area contributed by atoms with E-state index in [1.165, 1.54) is 0 Å². The predicted molar refractivity (Wildman–Crippen MR) is 84.9 cm³/mol. The first-order valence-corrected chi connectivity index (χ1v) is 7.50. The van der Waals surface area contributed by atoms with Gasteiger partial charge in [0.2, 0.25) is 5.91 Å². The number of hydrogen-bond acceptors (Lipinski definition) is 5. The SMILES string of the molecule is CC(C)(C)OC(=O)NCCC(=O)Nc1ccc2c(c1)OCCO2. The normalized spacial score (nSPS) is 13.2. The van der Waals surface area contributed by atoms with Crippen LogP contribution in [0.3, 0.4) is 0 Å². The van der Waals surface area contributed by atoms with E-state index in [9.17, 15) is 9.59 Å². The Kier molecular flexibility index (Phi) is 5.31. The van der Waals surface area contributed by atoms with Gasteiger partial charge in [-0.05, 0) is 32.9 Å². The third-order valence-electron chi connectivity index (χ3n) is 2.85. The molecule has 1 aliphatic heterocycles. The monoisotopic (exact) mass is 322 g/mol. The van der Waals surface area contributed by atoms with Crippen LogP contribution in [-0.2, 0) is 9.53 Å². The standard InChI is InChI=1S/C16H22N2O5/c1-16(2,3)23-15(20)17-7-6-14(19)18-11-4-5-12-13(10-11)22-9-8-21-12/h4-5,10H,6-9H2,1-3H3,(H,17,20)(H,18,19). The van der Waals surface area contributed by atoms with Gasteiger partial charge in [0, 0.05) is 24.7 Å². The highest BCUT2D eigenvalue weighted by atomic mass is 16.6. The molecular weight excluding hydrogens is 300 g/mol. The quantitative estimate of drug-likeness (QED) is 0.888. The fraction of sp³-hybridized carbons (Fsp3) is 0.500. The zero-order valence-electron chi connectivity index (χ0n) is 13.6. The van der Waals surface area contributed by atoms with Gasteiger partial charge in [0.1, 0.15) is 18.8 Å². The molecule has 1 aromatic carbocycles. The Morgan fingerprint density at radius 3 is 2.57 bits per heavy atom. The molecule has 126 valence electrons. The fourth-order valence-corrected chi connectivity index (χ4v) is 1.94. The number of amides is 2. The van der Waals surface area contributed by atoms with Crippen LogP contribution >= 0.6 is 0 Å². The third kappa shape index (κ3) is 5.69. The van der Waals surface area contributed by atoms with Gasteiger partial charge in [-0.25, -0.2) is 4.79 Å². The first-order valence-electron chi connectivity index (χ1n) is 7.50. The molecule has 0 fully saturated rings. The highest BCUT2D eigenvalue weighted by Gasteiger charge is 2.16. The molecule has 1 aliphatic rings. The molecule has 23 heavy (non-hydrogen) atoms. The van der Waals surface area contributed by atoms with Crippen LogP contribution in [0.1, 0.15) is 27.2 Å². The van der Waals surface area contributed by atoms with Crippen LogP contribution in [0.5, 0.6) is 11.5 Å². The summed E-state index contributed by atoms with van der Waals surface area (Å²) >= 11 is 0. The smallest absolute Gasteiger partial charge is 0.407 e. The lowest BCUT2D eigenvalue weighted by molar-refractivity contribution is -0.116. The van der Waals surface area contributed by atoms with Crippen molar-refractivity contribution < 1.29 is 23.8 Å². The molecule has 0 atom stereocenters. The molecule has 0 saturated carbocycles. The van der Waals surface area contributed by atoms with Gasteiger partial charge in [-0.1, -0.05) is 0 Å². The first kappa shape index (κ1) is 16.9. The Morgan fingerprint density at radius 1 is 1.17 bits per heavy atom. The molecule has 1 heterocycles. The van der Waals surface area contributed by atoms with Crippen molar-refractivity contribution in [2.45, 2.75) is 32.8 Å². The van der Waals surface area contributed by atoms with E-state index in [-0.39, 0.29) is 18.9 Å². The van der Waals surface area contributed by atoms with Gasteiger partial charge < -0.3 is 24.8 Å². The van der Waals surface area contributed by atoms with Crippen LogP contribution in [0.15, 0.2) is 18.2 Å². The van der Waals surface area contributed by atoms with Gasteiger partial charge in [0.15, 0.2) is 11.5 Å². The first-order chi connectivity index (χ1) is 10.8. The molecular formula is C16H22N2O5. The Balaban J connectivity index is 1.76. The molecule has 2 amide bonds. The molecule has 0 saturated heterocycles. The number of nitrogens with one attached hydrogen (secondary N) is 2. The van der Waals surface area contributed by atoms with Gasteiger partial charge >= 0.3 is 6.09 Å². The van der Waals surface area contributed by atoms with Gasteiger partial charge in [0.25, 0.3) is 0 Å². The minimum Gasteiger partial charge on any atom is -0.486 e. The van der Waals surface area contributed by atoms with Crippen LogP contribution < -0.4 is 20.1 Å². The van der Waals surface area contributed by atoms with E-state index in [2.05, 4.69) is 10.6 Å². The number of alkyl carbamates (subject to hydrolysis) is 1. The predicted octanol–water partition coefficient (Wildman–Crippen LogP) is 2.31. The van der Waals surface area contributed by atoms with Gasteiger partial charge in [0.05, 0.1) is 0 Å². The lowest BCUT2D eigenvalue weighted by atomic mass is 10.2. The van der Waals surface area contributed by atoms with Gasteiger partial charge in [-0.2, -0.15) is 0 Å². The zero-order chi connectivity index (χ0) is 16.9. The summed E-state index contributed by atoms with van der Waals surface area (Å²) in [5.74, 6) is 1.07. The average molecular weight is 322 g/mol. The van der Waals surface area contributed by atoms with E-state index in [1.54, 1.807) is 39.0 Å². The lowest BCUT2D eigenvalue weighted by Crippen LogP contribution is -2.34. The maximum Gasteiger partial charge on any atom is 0.407 e. The van der Waals surface area contributed by atoms with Crippen molar-refractivity contribution in [3.8, 4) is 11.5 Å². The zero-order valence-corrected chi connectivity index (χ0v) is 13.6. The summed E-state index contributed by atoms with van der Waals surface area (Å²) in [7, 11) is 0. The largest absolute Gasteiger partial charge is 0.486 e. The number of anilines is 1. The summed E-state index contributed by atoms with van der Waals surface area (Å²) in [6, 6.07) is 5.21. The number of rotatable bonds is 4. The summed E-state index contributed by atoms with van der Waals surface area (Å²) in [5, 5.41) is 5.29. The van der Waals surface area contributed by atoms with Crippen LogP contribution in [0.2, 0.25) is 0 Å². The highest BCUT2D eigenvalue weighted by Crippen LogP contribution is 2.32. The molecule has 0 radical (unpaired) electrons. The second kappa shape index (κ2) is 7.21. The second-order valence-corrected chi connectivity index (χ2v) is 6.09. The van der Waals surface area contributed by atoms with Crippen LogP contribution in [0, 0.1) is 0 Å². The maximum absolute atomic E-state index is 11.9. The number of carbonyl (C=O) groups is 2. The fourth-order valence-electron chi connectivity index (χ4n) is 1.94. The van der Waals surface area contributed by atoms with Crippen molar-refractivity contribution in [1.29, 1.82) is 0 Å². The van der Waals surface area contributed by atoms with E-state index in [0.717, 1.165) is 0 Å². The van der Waals surface area contributed by atoms with E-state index in [0.29, 0.717) is 30.4 Å². The van der Waals surface area contributed by atoms with Crippen LogP contribution in [0.4, 0.5) is 10.5 Å². The minimum atomic E-state index is -0.558. The second-order valence-electron chi connectivity index (χ2n) is 6.09. The maximum atomic E-state index is 11.9. The Hall–Kier alpha value is -2.44. The number of ether oxygens (including phenoxy) is 3. The molecule has 0 aliphatic carbocycles. The Morgan fingerprint density at radius 2 is 1.87 bits per heavy atom. The summed E-state index contributed by atoms with van der Waals surface area (Å²) in [5.41, 5.74) is 0.0638. The van der Waals surface area contributed by atoms with Gasteiger partial charge in [-0.3, -0.25) is 4.79 Å². The van der Waals surface area contributed by atoms with Crippen molar-refractivity contribution in [3.05, 3.63) is 18.2 Å². The van der Waals surface area contributed by atoms with E-state index < -0.39 is 11.7 Å². The molecule has 0 spiro atoms. The van der Waals surface area contributed by atoms with Crippen LogP contribution in [-0.4, -0.2) is 37.4 Å². The molecule has 0 unspecified atom stereocenters. The molecule has 7 nitrogen and oxygen atoms in total. The minimum absolute atomic E-state index is 0.147. The molecule has 1 aromatic rings. The van der Waals surface area contributed by atoms with Crippen molar-refractivity contribution in [1.82, 2.24) is 5.32 Å². The van der Waals surface area contributed by atoms with E-state index in [4.69, 9.17) is 14.2 Å². The van der Waals surface area contributed by atoms with E-state index in [1.807, 2.05) is 0 Å².